The zero-order valence-corrected chi connectivity index (χ0v) is 9.35. The molecule has 2 N–H and O–H groups in total. The third-order valence-electron chi connectivity index (χ3n) is 3.09. The molecule has 4 nitrogen and oxygen atoms in total. The summed E-state index contributed by atoms with van der Waals surface area (Å²) in [5, 5.41) is 18.3. The van der Waals surface area contributed by atoms with E-state index < -0.39 is 11.9 Å². The molecule has 0 aromatic heterocycles. The Labute approximate surface area is 90.2 Å². The molecule has 1 aliphatic rings. The molecule has 0 saturated carbocycles. The van der Waals surface area contributed by atoms with E-state index in [9.17, 15) is 9.90 Å². The highest BCUT2D eigenvalue weighted by atomic mass is 16.5. The summed E-state index contributed by atoms with van der Waals surface area (Å²) in [5.41, 5.74) is 0. The fourth-order valence-electron chi connectivity index (χ4n) is 1.90. The van der Waals surface area contributed by atoms with E-state index in [1.165, 1.54) is 0 Å². The van der Waals surface area contributed by atoms with Gasteiger partial charge < -0.3 is 14.9 Å². The molecule has 88 valence electrons. The highest BCUT2D eigenvalue weighted by Crippen LogP contribution is 2.28. The molecule has 1 aliphatic heterocycles. The zero-order valence-electron chi connectivity index (χ0n) is 9.35. The van der Waals surface area contributed by atoms with Gasteiger partial charge in [0.1, 0.15) is 0 Å². The topological polar surface area (TPSA) is 66.8 Å². The number of aliphatic carboxylic acids is 1. The summed E-state index contributed by atoms with van der Waals surface area (Å²) in [6.07, 6.45) is 2.52. The number of ether oxygens (including phenoxy) is 1. The van der Waals surface area contributed by atoms with E-state index >= 15 is 0 Å². The summed E-state index contributed by atoms with van der Waals surface area (Å²) < 4.78 is 5.62. The Kier molecular flexibility index (Phi) is 4.54. The second-order valence-corrected chi connectivity index (χ2v) is 4.30. The van der Waals surface area contributed by atoms with Gasteiger partial charge in [0.2, 0.25) is 0 Å². The molecule has 0 aliphatic carbocycles. The van der Waals surface area contributed by atoms with E-state index in [4.69, 9.17) is 9.84 Å². The Bertz CT molecular complexity index is 217. The van der Waals surface area contributed by atoms with Gasteiger partial charge in [0.25, 0.3) is 0 Å². The van der Waals surface area contributed by atoms with Crippen LogP contribution in [-0.2, 0) is 9.53 Å². The number of hydrogen-bond donors (Lipinski definition) is 2. The molecule has 0 aromatic rings. The number of hydrogen-bond acceptors (Lipinski definition) is 3. The van der Waals surface area contributed by atoms with Crippen molar-refractivity contribution in [2.24, 2.45) is 5.92 Å². The van der Waals surface area contributed by atoms with Crippen LogP contribution >= 0.6 is 0 Å². The fraction of sp³-hybridized carbons (Fsp3) is 0.909. The monoisotopic (exact) mass is 216 g/mol. The molecule has 15 heavy (non-hydrogen) atoms. The van der Waals surface area contributed by atoms with Crippen molar-refractivity contribution in [3.05, 3.63) is 0 Å². The lowest BCUT2D eigenvalue weighted by Crippen LogP contribution is -2.26. The lowest BCUT2D eigenvalue weighted by Gasteiger charge is -2.18. The van der Waals surface area contributed by atoms with Gasteiger partial charge in [0, 0.05) is 0 Å². The lowest BCUT2D eigenvalue weighted by molar-refractivity contribution is -0.146. The van der Waals surface area contributed by atoms with Gasteiger partial charge in [0.05, 0.1) is 24.2 Å². The van der Waals surface area contributed by atoms with Crippen molar-refractivity contribution in [2.45, 2.75) is 57.8 Å². The Balaban J connectivity index is 2.35. The fourth-order valence-corrected chi connectivity index (χ4v) is 1.90. The van der Waals surface area contributed by atoms with Gasteiger partial charge in [-0.15, -0.1) is 0 Å². The van der Waals surface area contributed by atoms with E-state index in [1.807, 2.05) is 6.92 Å². The number of carbonyl (C=O) groups is 1. The molecule has 1 fully saturated rings. The van der Waals surface area contributed by atoms with Crippen molar-refractivity contribution in [1.29, 1.82) is 0 Å². The van der Waals surface area contributed by atoms with Crippen molar-refractivity contribution < 1.29 is 19.7 Å². The molecule has 1 rings (SSSR count). The van der Waals surface area contributed by atoms with Crippen molar-refractivity contribution in [3.63, 3.8) is 0 Å². The standard InChI is InChI=1S/C11H20O4/c1-3-8(12)6-9-4-5-10(15-9)7(2)11(13)14/h7-10,12H,3-6H2,1-2H3,(H,13,14)/t7-,8-,9-,10-/m0/s1. The molecular weight excluding hydrogens is 196 g/mol. The minimum atomic E-state index is -0.809. The van der Waals surface area contributed by atoms with Crippen LogP contribution in [0.4, 0.5) is 0 Å². The highest BCUT2D eigenvalue weighted by Gasteiger charge is 2.33. The molecule has 0 unspecified atom stereocenters. The van der Waals surface area contributed by atoms with Crippen LogP contribution in [0.2, 0.25) is 0 Å². The van der Waals surface area contributed by atoms with E-state index in [1.54, 1.807) is 6.92 Å². The predicted octanol–water partition coefficient (Wildman–Crippen LogP) is 1.42. The first-order valence-corrected chi connectivity index (χ1v) is 5.61. The van der Waals surface area contributed by atoms with Crippen LogP contribution in [0.15, 0.2) is 0 Å². The molecule has 0 spiro atoms. The normalized spacial score (nSPS) is 30.1. The van der Waals surface area contributed by atoms with Crippen LogP contribution in [0.1, 0.15) is 39.5 Å². The summed E-state index contributed by atoms with van der Waals surface area (Å²) >= 11 is 0. The smallest absolute Gasteiger partial charge is 0.308 e. The van der Waals surface area contributed by atoms with Gasteiger partial charge in [-0.25, -0.2) is 0 Å². The van der Waals surface area contributed by atoms with E-state index in [2.05, 4.69) is 0 Å². The molecule has 0 amide bonds. The zero-order chi connectivity index (χ0) is 11.4. The van der Waals surface area contributed by atoms with Crippen LogP contribution in [0.25, 0.3) is 0 Å². The van der Waals surface area contributed by atoms with Gasteiger partial charge >= 0.3 is 5.97 Å². The lowest BCUT2D eigenvalue weighted by atomic mass is 10.0. The van der Waals surface area contributed by atoms with Gasteiger partial charge in [-0.1, -0.05) is 6.92 Å². The third-order valence-corrected chi connectivity index (χ3v) is 3.09. The Hall–Kier alpha value is -0.610. The summed E-state index contributed by atoms with van der Waals surface area (Å²) in [6, 6.07) is 0. The van der Waals surface area contributed by atoms with E-state index in [0.717, 1.165) is 19.3 Å². The second-order valence-electron chi connectivity index (χ2n) is 4.30. The molecule has 0 aromatic carbocycles. The molecule has 1 heterocycles. The first kappa shape index (κ1) is 12.5. The van der Waals surface area contributed by atoms with Crippen molar-refractivity contribution >= 4 is 5.97 Å². The first-order chi connectivity index (χ1) is 7.04. The van der Waals surface area contributed by atoms with Gasteiger partial charge in [-0.05, 0) is 32.6 Å². The molecule has 0 bridgehead atoms. The quantitative estimate of drug-likeness (QED) is 0.729. The first-order valence-electron chi connectivity index (χ1n) is 5.61. The van der Waals surface area contributed by atoms with Crippen molar-refractivity contribution in [1.82, 2.24) is 0 Å². The maximum atomic E-state index is 10.7. The Morgan fingerprint density at radius 2 is 2.20 bits per heavy atom. The van der Waals surface area contributed by atoms with Gasteiger partial charge in [-0.3, -0.25) is 4.79 Å². The average Bonchev–Trinajstić information content (AvgIpc) is 2.64. The SMILES string of the molecule is CC[C@H](O)C[C@@H]1CC[C@@H]([C@H](C)C(=O)O)O1. The minimum Gasteiger partial charge on any atom is -0.481 e. The summed E-state index contributed by atoms with van der Waals surface area (Å²) in [6.45, 7) is 3.60. The van der Waals surface area contributed by atoms with Crippen LogP contribution in [0.3, 0.4) is 0 Å². The van der Waals surface area contributed by atoms with E-state index in [-0.39, 0.29) is 18.3 Å². The van der Waals surface area contributed by atoms with Crippen molar-refractivity contribution in [2.75, 3.05) is 0 Å². The Morgan fingerprint density at radius 1 is 1.53 bits per heavy atom. The minimum absolute atomic E-state index is 0.0340. The second kappa shape index (κ2) is 5.47. The summed E-state index contributed by atoms with van der Waals surface area (Å²) in [4.78, 5) is 10.7. The molecular formula is C11H20O4. The van der Waals surface area contributed by atoms with Crippen LogP contribution in [-0.4, -0.2) is 34.5 Å². The number of rotatable bonds is 5. The van der Waals surface area contributed by atoms with Crippen molar-refractivity contribution in [3.8, 4) is 0 Å². The number of carboxylic acids is 1. The van der Waals surface area contributed by atoms with Crippen LogP contribution in [0, 0.1) is 5.92 Å². The number of carboxylic acid groups (broad SMARTS) is 1. The Morgan fingerprint density at radius 3 is 2.73 bits per heavy atom. The number of aliphatic hydroxyl groups is 1. The molecule has 0 radical (unpaired) electrons. The van der Waals surface area contributed by atoms with Gasteiger partial charge in [-0.2, -0.15) is 0 Å². The maximum Gasteiger partial charge on any atom is 0.308 e. The largest absolute Gasteiger partial charge is 0.481 e. The van der Waals surface area contributed by atoms with Crippen LogP contribution in [0.5, 0.6) is 0 Å². The molecule has 4 heteroatoms. The highest BCUT2D eigenvalue weighted by molar-refractivity contribution is 5.70. The maximum absolute atomic E-state index is 10.7. The van der Waals surface area contributed by atoms with Crippen LogP contribution < -0.4 is 0 Å². The van der Waals surface area contributed by atoms with Gasteiger partial charge in [0.15, 0.2) is 0 Å². The molecule has 1 saturated heterocycles. The van der Waals surface area contributed by atoms with E-state index in [0.29, 0.717) is 6.42 Å². The predicted molar refractivity (Wildman–Crippen MR) is 55.6 cm³/mol. The summed E-state index contributed by atoms with van der Waals surface area (Å²) in [7, 11) is 0. The third kappa shape index (κ3) is 3.47. The number of aliphatic hydroxyl groups excluding tert-OH is 1. The average molecular weight is 216 g/mol. The molecule has 4 atom stereocenters. The summed E-state index contributed by atoms with van der Waals surface area (Å²) in [5.74, 6) is -1.26.